The van der Waals surface area contributed by atoms with Crippen molar-refractivity contribution in [2.45, 2.75) is 26.2 Å². The molecule has 0 saturated carbocycles. The number of aromatic nitrogens is 2. The van der Waals surface area contributed by atoms with Crippen LogP contribution in [0.2, 0.25) is 0 Å². The van der Waals surface area contributed by atoms with Crippen molar-refractivity contribution in [3.05, 3.63) is 59.4 Å². The molecule has 0 bridgehead atoms. The van der Waals surface area contributed by atoms with Gasteiger partial charge < -0.3 is 15.4 Å². The van der Waals surface area contributed by atoms with Gasteiger partial charge in [0.1, 0.15) is 5.82 Å². The van der Waals surface area contributed by atoms with Gasteiger partial charge >= 0.3 is 0 Å². The molecule has 0 aliphatic carbocycles. The smallest absolute Gasteiger partial charge is 0.224 e. The molecule has 5 heteroatoms. The van der Waals surface area contributed by atoms with Crippen LogP contribution in [0.15, 0.2) is 42.5 Å². The summed E-state index contributed by atoms with van der Waals surface area (Å²) in [6, 6.07) is 13.5. The van der Waals surface area contributed by atoms with Crippen LogP contribution in [0.4, 0.5) is 5.69 Å². The number of aryl methyl sites for hydroxylation is 2. The molecule has 3 rings (SSSR count). The molecule has 1 heterocycles. The molecular formula is C19H21N3O2. The van der Waals surface area contributed by atoms with Crippen molar-refractivity contribution >= 4 is 22.6 Å². The van der Waals surface area contributed by atoms with Crippen LogP contribution in [0.1, 0.15) is 23.4 Å². The number of rotatable bonds is 6. The topological polar surface area (TPSA) is 78.0 Å². The van der Waals surface area contributed by atoms with Crippen LogP contribution in [-0.4, -0.2) is 27.6 Å². The van der Waals surface area contributed by atoms with Gasteiger partial charge in [-0.3, -0.25) is 4.79 Å². The SMILES string of the molecule is Cc1cccc2[nH]c(CCC(=O)Nc3ccc(CCO)cc3)nc12. The third-order valence-corrected chi connectivity index (χ3v) is 3.99. The molecule has 0 unspecified atom stereocenters. The maximum absolute atomic E-state index is 12.1. The molecule has 2 aromatic carbocycles. The largest absolute Gasteiger partial charge is 0.396 e. The molecule has 24 heavy (non-hydrogen) atoms. The highest BCUT2D eigenvalue weighted by Gasteiger charge is 2.08. The standard InChI is InChI=1S/C19H21N3O2/c1-13-3-2-4-16-19(13)22-17(21-16)9-10-18(24)20-15-7-5-14(6-8-15)11-12-23/h2-8,23H,9-12H2,1H3,(H,20,24)(H,21,22). The monoisotopic (exact) mass is 323 g/mol. The summed E-state index contributed by atoms with van der Waals surface area (Å²) >= 11 is 0. The summed E-state index contributed by atoms with van der Waals surface area (Å²) in [4.78, 5) is 19.9. The fourth-order valence-corrected chi connectivity index (χ4v) is 2.68. The van der Waals surface area contributed by atoms with Crippen LogP contribution >= 0.6 is 0 Å². The van der Waals surface area contributed by atoms with Gasteiger partial charge in [0.15, 0.2) is 0 Å². The highest BCUT2D eigenvalue weighted by molar-refractivity contribution is 5.90. The fourth-order valence-electron chi connectivity index (χ4n) is 2.68. The lowest BCUT2D eigenvalue weighted by atomic mass is 10.1. The zero-order chi connectivity index (χ0) is 16.9. The first-order valence-corrected chi connectivity index (χ1v) is 8.09. The maximum atomic E-state index is 12.1. The molecule has 5 nitrogen and oxygen atoms in total. The van der Waals surface area contributed by atoms with Gasteiger partial charge in [-0.1, -0.05) is 24.3 Å². The number of H-pyrrole nitrogens is 1. The van der Waals surface area contributed by atoms with Gasteiger partial charge in [-0.25, -0.2) is 4.98 Å². The van der Waals surface area contributed by atoms with Crippen molar-refractivity contribution in [3.8, 4) is 0 Å². The highest BCUT2D eigenvalue weighted by Crippen LogP contribution is 2.16. The molecule has 1 amide bonds. The number of aromatic amines is 1. The van der Waals surface area contributed by atoms with Crippen molar-refractivity contribution in [1.82, 2.24) is 9.97 Å². The Morgan fingerprint density at radius 2 is 1.96 bits per heavy atom. The molecule has 0 aliphatic rings. The van der Waals surface area contributed by atoms with E-state index in [-0.39, 0.29) is 12.5 Å². The predicted octanol–water partition coefficient (Wildman–Crippen LogP) is 2.98. The molecule has 0 aliphatic heterocycles. The van der Waals surface area contributed by atoms with Gasteiger partial charge in [0.2, 0.25) is 5.91 Å². The van der Waals surface area contributed by atoms with E-state index in [4.69, 9.17) is 5.11 Å². The van der Waals surface area contributed by atoms with E-state index in [1.807, 2.05) is 49.4 Å². The quantitative estimate of drug-likeness (QED) is 0.652. The molecule has 0 spiro atoms. The Morgan fingerprint density at radius 3 is 2.67 bits per heavy atom. The highest BCUT2D eigenvalue weighted by atomic mass is 16.2. The lowest BCUT2D eigenvalue weighted by Crippen LogP contribution is -2.12. The van der Waals surface area contributed by atoms with Crippen LogP contribution in [0, 0.1) is 6.92 Å². The van der Waals surface area contributed by atoms with E-state index in [9.17, 15) is 4.79 Å². The summed E-state index contributed by atoms with van der Waals surface area (Å²) in [5.74, 6) is 0.787. The van der Waals surface area contributed by atoms with Gasteiger partial charge in [0, 0.05) is 25.1 Å². The van der Waals surface area contributed by atoms with E-state index < -0.39 is 0 Å². The van der Waals surface area contributed by atoms with E-state index in [1.165, 1.54) is 0 Å². The number of imidazole rings is 1. The molecule has 3 N–H and O–H groups in total. The summed E-state index contributed by atoms with van der Waals surface area (Å²) < 4.78 is 0. The Hall–Kier alpha value is -2.66. The van der Waals surface area contributed by atoms with Gasteiger partial charge in [-0.15, -0.1) is 0 Å². The van der Waals surface area contributed by atoms with Crippen LogP contribution in [-0.2, 0) is 17.6 Å². The summed E-state index contributed by atoms with van der Waals surface area (Å²) in [5, 5.41) is 11.8. The van der Waals surface area contributed by atoms with E-state index in [2.05, 4.69) is 15.3 Å². The molecule has 0 fully saturated rings. The molecule has 1 aromatic heterocycles. The first kappa shape index (κ1) is 16.2. The molecule has 0 radical (unpaired) electrons. The minimum absolute atomic E-state index is 0.0397. The van der Waals surface area contributed by atoms with Crippen molar-refractivity contribution in [3.63, 3.8) is 0 Å². The van der Waals surface area contributed by atoms with Crippen molar-refractivity contribution in [2.24, 2.45) is 0 Å². The third kappa shape index (κ3) is 3.81. The number of anilines is 1. The lowest BCUT2D eigenvalue weighted by molar-refractivity contribution is -0.116. The number of nitrogens with zero attached hydrogens (tertiary/aromatic N) is 1. The number of fused-ring (bicyclic) bond motifs is 1. The minimum Gasteiger partial charge on any atom is -0.396 e. The number of benzene rings is 2. The Bertz CT molecular complexity index is 837. The van der Waals surface area contributed by atoms with Crippen LogP contribution in [0.25, 0.3) is 11.0 Å². The number of carbonyl (C=O) groups is 1. The minimum atomic E-state index is -0.0397. The Balaban J connectivity index is 1.57. The second-order valence-corrected chi connectivity index (χ2v) is 5.87. The van der Waals surface area contributed by atoms with E-state index >= 15 is 0 Å². The number of carbonyl (C=O) groups excluding carboxylic acids is 1. The second kappa shape index (κ2) is 7.27. The predicted molar refractivity (Wildman–Crippen MR) is 95.0 cm³/mol. The number of aliphatic hydroxyl groups is 1. The number of nitrogens with one attached hydrogen (secondary N) is 2. The third-order valence-electron chi connectivity index (χ3n) is 3.99. The molecule has 3 aromatic rings. The zero-order valence-electron chi connectivity index (χ0n) is 13.7. The number of amides is 1. The maximum Gasteiger partial charge on any atom is 0.224 e. The van der Waals surface area contributed by atoms with Crippen molar-refractivity contribution < 1.29 is 9.90 Å². The average Bonchev–Trinajstić information content (AvgIpc) is 3.00. The summed E-state index contributed by atoms with van der Waals surface area (Å²) in [7, 11) is 0. The van der Waals surface area contributed by atoms with Gasteiger partial charge in [0.05, 0.1) is 11.0 Å². The first-order chi connectivity index (χ1) is 11.7. The lowest BCUT2D eigenvalue weighted by Gasteiger charge is -2.05. The summed E-state index contributed by atoms with van der Waals surface area (Å²) in [6.07, 6.45) is 1.57. The number of aliphatic hydroxyl groups excluding tert-OH is 1. The first-order valence-electron chi connectivity index (χ1n) is 8.09. The van der Waals surface area contributed by atoms with Gasteiger partial charge in [-0.2, -0.15) is 0 Å². The number of hydrogen-bond acceptors (Lipinski definition) is 3. The van der Waals surface area contributed by atoms with E-state index in [0.29, 0.717) is 19.3 Å². The van der Waals surface area contributed by atoms with Gasteiger partial charge in [-0.05, 0) is 42.7 Å². The average molecular weight is 323 g/mol. The second-order valence-electron chi connectivity index (χ2n) is 5.87. The van der Waals surface area contributed by atoms with Gasteiger partial charge in [0.25, 0.3) is 0 Å². The molecular weight excluding hydrogens is 302 g/mol. The van der Waals surface area contributed by atoms with Crippen LogP contribution in [0.5, 0.6) is 0 Å². The summed E-state index contributed by atoms with van der Waals surface area (Å²) in [5.41, 5.74) is 4.91. The Kier molecular flexibility index (Phi) is 4.91. The van der Waals surface area contributed by atoms with Crippen LogP contribution < -0.4 is 5.32 Å². The fraction of sp³-hybridized carbons (Fsp3) is 0.263. The van der Waals surface area contributed by atoms with Crippen molar-refractivity contribution in [2.75, 3.05) is 11.9 Å². The molecule has 0 saturated heterocycles. The normalized spacial score (nSPS) is 10.9. The van der Waals surface area contributed by atoms with E-state index in [0.717, 1.165) is 33.7 Å². The molecule has 124 valence electrons. The van der Waals surface area contributed by atoms with E-state index in [1.54, 1.807) is 0 Å². The summed E-state index contributed by atoms with van der Waals surface area (Å²) in [6.45, 7) is 2.16. The van der Waals surface area contributed by atoms with Crippen molar-refractivity contribution in [1.29, 1.82) is 0 Å². The molecule has 0 atom stereocenters. The Morgan fingerprint density at radius 1 is 1.17 bits per heavy atom. The van der Waals surface area contributed by atoms with Crippen LogP contribution in [0.3, 0.4) is 0 Å². The zero-order valence-corrected chi connectivity index (χ0v) is 13.7. The Labute approximate surface area is 140 Å². The number of hydrogen-bond donors (Lipinski definition) is 3. The number of para-hydroxylation sites is 1.